The number of hydrogen-bond donors (Lipinski definition) is 4. The molecule has 638 valence electrons. The molecule has 0 spiro atoms. The maximum Gasteiger partial charge on any atom is 0.256 e. The van der Waals surface area contributed by atoms with Crippen LogP contribution in [0.2, 0.25) is 0 Å². The Morgan fingerprint density at radius 1 is 0.377 bits per heavy atom. The van der Waals surface area contributed by atoms with Crippen LogP contribution >= 0.6 is 0 Å². The smallest absolute Gasteiger partial charge is 0.256 e. The summed E-state index contributed by atoms with van der Waals surface area (Å²) in [6.07, 6.45) is 37.1. The molecule has 10 unspecified atom stereocenters. The number of benzene rings is 2. The van der Waals surface area contributed by atoms with Gasteiger partial charge in [0.1, 0.15) is 17.8 Å². The number of unbranched alkanes of at least 4 members (excludes halogenated alkanes) is 8. The van der Waals surface area contributed by atoms with Crippen LogP contribution in [0.1, 0.15) is 422 Å². The molecule has 0 saturated heterocycles. The minimum atomic E-state index is -0.677. The second kappa shape index (κ2) is 50.0. The lowest BCUT2D eigenvalue weighted by molar-refractivity contribution is 0.0599. The molecule has 2 aliphatic rings. The van der Waals surface area contributed by atoms with Crippen LogP contribution in [0.5, 0.6) is 0 Å². The molecule has 5 rings (SSSR count). The zero-order chi connectivity index (χ0) is 84.2. The lowest BCUT2D eigenvalue weighted by Gasteiger charge is -2.36. The fraction of sp³-hybridized carbons (Fsp3) is 0.714. The Labute approximate surface area is 694 Å². The summed E-state index contributed by atoms with van der Waals surface area (Å²) in [4.78, 5) is 82.8. The highest BCUT2D eigenvalue weighted by atomic mass is 16.2. The first-order valence-electron chi connectivity index (χ1n) is 46.3. The molecule has 10 atom stereocenters. The molecule has 0 saturated carbocycles. The number of allylic oxidation sites excluding steroid dienone is 4. The summed E-state index contributed by atoms with van der Waals surface area (Å²) in [5.41, 5.74) is 12.2. The first kappa shape index (κ1) is 97.7. The molecule has 1 aromatic heterocycles. The molecule has 3 aromatic rings. The fourth-order valence-electron chi connectivity index (χ4n) is 17.2. The van der Waals surface area contributed by atoms with Gasteiger partial charge in [-0.3, -0.25) is 30.0 Å². The Bertz CT molecular complexity index is 3230. The minimum absolute atomic E-state index is 0.000683. The van der Waals surface area contributed by atoms with Gasteiger partial charge in [-0.15, -0.1) is 0 Å². The number of para-hydroxylation sites is 2. The highest BCUT2D eigenvalue weighted by molar-refractivity contribution is 6.52. The quantitative estimate of drug-likeness (QED) is 0.0399. The van der Waals surface area contributed by atoms with Crippen LogP contribution < -0.4 is 10.9 Å². The number of aromatic nitrogens is 2. The molecule has 2 aliphatic carbocycles. The summed E-state index contributed by atoms with van der Waals surface area (Å²) in [6, 6.07) is 13.2. The van der Waals surface area contributed by atoms with Crippen LogP contribution in [0.4, 0.5) is 11.4 Å². The van der Waals surface area contributed by atoms with E-state index in [4.69, 9.17) is 20.2 Å². The number of hydrogen-bond acceptors (Lipinski definition) is 12. The monoisotopic (exact) mass is 1570 g/mol. The van der Waals surface area contributed by atoms with Gasteiger partial charge >= 0.3 is 0 Å². The summed E-state index contributed by atoms with van der Waals surface area (Å²) in [5.74, 6) is -0.551. The van der Waals surface area contributed by atoms with Crippen LogP contribution in [0.25, 0.3) is 0 Å². The molecule has 16 heteroatoms. The van der Waals surface area contributed by atoms with E-state index < -0.39 is 22.7 Å². The van der Waals surface area contributed by atoms with Crippen molar-refractivity contribution in [3.8, 4) is 0 Å². The lowest BCUT2D eigenvalue weighted by atomic mass is 9.85. The molecule has 114 heavy (non-hydrogen) atoms. The van der Waals surface area contributed by atoms with E-state index in [2.05, 4.69) is 195 Å². The molecule has 4 N–H and O–H groups in total. The van der Waals surface area contributed by atoms with Crippen molar-refractivity contribution in [1.82, 2.24) is 29.6 Å². The number of anilines is 2. The molecule has 0 aliphatic heterocycles. The molecule has 0 bridgehead atoms. The number of hydrazone groups is 2. The van der Waals surface area contributed by atoms with Crippen LogP contribution in [0.15, 0.2) is 82.3 Å². The maximum absolute atomic E-state index is 16.1. The van der Waals surface area contributed by atoms with Crippen molar-refractivity contribution >= 4 is 57.9 Å². The van der Waals surface area contributed by atoms with E-state index in [0.29, 0.717) is 106 Å². The normalized spacial score (nSPS) is 17.5. The second-order valence-corrected chi connectivity index (χ2v) is 35.7. The molecule has 0 fully saturated rings. The van der Waals surface area contributed by atoms with Crippen molar-refractivity contribution in [2.75, 3.05) is 37.0 Å². The van der Waals surface area contributed by atoms with Crippen LogP contribution in [0.3, 0.4) is 0 Å². The first-order valence-corrected chi connectivity index (χ1v) is 46.3. The van der Waals surface area contributed by atoms with Crippen molar-refractivity contribution in [2.24, 2.45) is 44.7 Å². The second-order valence-electron chi connectivity index (χ2n) is 35.7. The van der Waals surface area contributed by atoms with E-state index in [-0.39, 0.29) is 59.2 Å². The Hall–Kier alpha value is -6.84. The maximum atomic E-state index is 16.1. The molecular weight excluding hydrogens is 1410 g/mol. The van der Waals surface area contributed by atoms with Crippen molar-refractivity contribution in [3.05, 3.63) is 106 Å². The van der Waals surface area contributed by atoms with Gasteiger partial charge in [-0.2, -0.15) is 10.2 Å². The van der Waals surface area contributed by atoms with Gasteiger partial charge in [-0.05, 0) is 153 Å². The Balaban J connectivity index is 1.75. The van der Waals surface area contributed by atoms with E-state index in [9.17, 15) is 10.8 Å². The number of rotatable bonds is 54. The number of amides is 4. The summed E-state index contributed by atoms with van der Waals surface area (Å²) >= 11 is 0. The first-order chi connectivity index (χ1) is 54.7. The van der Waals surface area contributed by atoms with E-state index >= 15 is 19.2 Å². The predicted molar refractivity (Wildman–Crippen MR) is 485 cm³/mol. The van der Waals surface area contributed by atoms with E-state index in [1.807, 2.05) is 42.5 Å². The molecule has 2 aromatic carbocycles. The number of carbonyl (C=O) groups is 4. The third-order valence-corrected chi connectivity index (χ3v) is 25.1. The van der Waals surface area contributed by atoms with Crippen LogP contribution in [-0.4, -0.2) is 126 Å². The highest BCUT2D eigenvalue weighted by Gasteiger charge is 2.42. The van der Waals surface area contributed by atoms with Gasteiger partial charge in [0.25, 0.3) is 23.6 Å². The van der Waals surface area contributed by atoms with Gasteiger partial charge in [0.2, 0.25) is 0 Å². The van der Waals surface area contributed by atoms with Gasteiger partial charge in [-0.25, -0.2) is 9.97 Å². The van der Waals surface area contributed by atoms with Crippen molar-refractivity contribution in [2.45, 2.75) is 394 Å². The Morgan fingerprint density at radius 3 is 0.825 bits per heavy atom. The molecule has 1 heterocycles. The molecule has 0 radical (unpaired) electrons. The van der Waals surface area contributed by atoms with Gasteiger partial charge in [0.05, 0.1) is 68.3 Å². The number of nitrogens with one attached hydrogen (secondary N) is 4. The summed E-state index contributed by atoms with van der Waals surface area (Å²) in [6.45, 7) is 50.7. The average molecular weight is 1570 g/mol. The number of carbonyl (C=O) groups excluding carboxylic acids is 4. The zero-order valence-corrected chi connectivity index (χ0v) is 76.2. The standard InChI is InChI=1S/C98H162N12O4/c1-23-39-49-69(31-9)64-107(73(35-13)53-43-27-5)93(111)77-57-47-58-78(94(112)108(74(36-14)54-44-28-6)65-70(32-10)50-40-24-2)89(77)103-105-91-83(97(17,18)19)61-81(87(91)99)85-63-86(102-68-101-85)82-62-84(98(20,21)22)92(88(82)100)106-104-90-79(95(113)109(75(37-15)55-45-29-7)66-71(33-11)51-41-25-3)59-48-60-80(90)96(114)110(76(38-16)56-46-30-8)67-72(34-12)52-42-26-4/h47-48,57-63,68-76,81-82,99-100,103-104H,23-46,49-56,64-67H2,1-22H3. The highest BCUT2D eigenvalue weighted by Crippen LogP contribution is 2.42. The third-order valence-electron chi connectivity index (χ3n) is 25.1. The van der Waals surface area contributed by atoms with Crippen molar-refractivity contribution in [3.63, 3.8) is 0 Å². The zero-order valence-electron chi connectivity index (χ0n) is 76.2. The van der Waals surface area contributed by atoms with Crippen molar-refractivity contribution in [1.29, 1.82) is 10.8 Å². The summed E-state index contributed by atoms with van der Waals surface area (Å²) in [7, 11) is 0. The molecular formula is C98H162N12O4. The SMILES string of the molecule is CCCCC(CC)CN(C(=O)c1cccc(C(=O)N(CC(CC)CCCC)C(CC)CCCC)c1NN=C1C(=N)C(c2cc(C3C=C(C(C)(C)C)C(=NNc4c(C(=O)N(CC(CC)CCCC)C(CC)CCCC)cccc4C(=O)N(CC(CC)CCCC)C(CC)CCCC)C3=N)ncn2)C=C1C(C)(C)C)C(CC)CCCC. The largest absolute Gasteiger partial charge is 0.335 e. The lowest BCUT2D eigenvalue weighted by Crippen LogP contribution is -2.44. The topological polar surface area (TPSA) is 204 Å². The number of nitrogens with zero attached hydrogens (tertiary/aromatic N) is 8. The third kappa shape index (κ3) is 27.1. The van der Waals surface area contributed by atoms with E-state index in [1.54, 1.807) is 0 Å². The van der Waals surface area contributed by atoms with Gasteiger partial charge in [-0.1, -0.05) is 305 Å². The average Bonchev–Trinajstić information content (AvgIpc) is 1.28. The summed E-state index contributed by atoms with van der Waals surface area (Å²) < 4.78 is 0. The van der Waals surface area contributed by atoms with Gasteiger partial charge in [0, 0.05) is 50.3 Å². The van der Waals surface area contributed by atoms with Gasteiger partial charge in [0.15, 0.2) is 0 Å². The predicted octanol–water partition coefficient (Wildman–Crippen LogP) is 26.1. The van der Waals surface area contributed by atoms with Crippen LogP contribution in [0, 0.1) is 45.3 Å². The van der Waals surface area contributed by atoms with E-state index in [1.165, 1.54) is 6.33 Å². The molecule has 16 nitrogen and oxygen atoms in total. The van der Waals surface area contributed by atoms with E-state index in [0.717, 1.165) is 217 Å². The van der Waals surface area contributed by atoms with Crippen molar-refractivity contribution < 1.29 is 19.2 Å². The van der Waals surface area contributed by atoms with Gasteiger partial charge < -0.3 is 30.4 Å². The Morgan fingerprint density at radius 2 is 0.614 bits per heavy atom. The van der Waals surface area contributed by atoms with Crippen LogP contribution in [-0.2, 0) is 0 Å². The fourth-order valence-corrected chi connectivity index (χ4v) is 17.2. The molecule has 4 amide bonds. The Kier molecular flexibility index (Phi) is 42.9. The summed E-state index contributed by atoms with van der Waals surface area (Å²) in [5, 5.41) is 31.3. The minimum Gasteiger partial charge on any atom is -0.335 e.